The van der Waals surface area contributed by atoms with Crippen LogP contribution in [0.2, 0.25) is 0 Å². The van der Waals surface area contributed by atoms with Crippen LogP contribution >= 0.6 is 11.3 Å². The summed E-state index contributed by atoms with van der Waals surface area (Å²) < 4.78 is 28.2. The first-order valence-corrected chi connectivity index (χ1v) is 11.1. The van der Waals surface area contributed by atoms with Crippen LogP contribution in [0.5, 0.6) is 0 Å². The molecule has 2 aromatic heterocycles. The molecule has 2 N–H and O–H groups in total. The number of nitrogens with zero attached hydrogens (tertiary/aromatic N) is 3. The highest BCUT2D eigenvalue weighted by Crippen LogP contribution is 2.30. The maximum absolute atomic E-state index is 14.0. The molecule has 6 nitrogen and oxygen atoms in total. The van der Waals surface area contributed by atoms with Crippen molar-refractivity contribution < 1.29 is 13.6 Å². The van der Waals surface area contributed by atoms with Gasteiger partial charge in [-0.1, -0.05) is 11.3 Å². The van der Waals surface area contributed by atoms with Crippen LogP contribution in [0.15, 0.2) is 54.9 Å². The molecule has 1 aliphatic rings. The SMILES string of the molecule is O=C(N[C@@H]1CCC[C@@H]1Nc1nc2ccc(F)cc2s1)c1cc(F)ccc1-c1ncccn1. The molecule has 0 aliphatic heterocycles. The van der Waals surface area contributed by atoms with Gasteiger partial charge in [0, 0.05) is 30.0 Å². The lowest BCUT2D eigenvalue weighted by atomic mass is 10.0. The molecule has 162 valence electrons. The Balaban J connectivity index is 1.35. The molecule has 1 amide bonds. The molecule has 0 radical (unpaired) electrons. The van der Waals surface area contributed by atoms with Crippen LogP contribution in [0.1, 0.15) is 29.6 Å². The van der Waals surface area contributed by atoms with Crippen molar-refractivity contribution in [1.29, 1.82) is 0 Å². The quantitative estimate of drug-likeness (QED) is 0.456. The van der Waals surface area contributed by atoms with Gasteiger partial charge in [0.1, 0.15) is 11.6 Å². The monoisotopic (exact) mass is 451 g/mol. The van der Waals surface area contributed by atoms with Gasteiger partial charge in [0.15, 0.2) is 11.0 Å². The zero-order chi connectivity index (χ0) is 22.1. The fourth-order valence-electron chi connectivity index (χ4n) is 4.01. The first-order chi connectivity index (χ1) is 15.6. The van der Waals surface area contributed by atoms with Crippen LogP contribution in [-0.4, -0.2) is 32.9 Å². The van der Waals surface area contributed by atoms with Crippen molar-refractivity contribution >= 4 is 32.6 Å². The van der Waals surface area contributed by atoms with Crippen LogP contribution in [-0.2, 0) is 0 Å². The number of benzene rings is 2. The van der Waals surface area contributed by atoms with Gasteiger partial charge in [-0.2, -0.15) is 0 Å². The van der Waals surface area contributed by atoms with Crippen molar-refractivity contribution in [3.63, 3.8) is 0 Å². The second-order valence-electron chi connectivity index (χ2n) is 7.66. The normalized spacial score (nSPS) is 18.1. The molecule has 0 unspecified atom stereocenters. The van der Waals surface area contributed by atoms with Gasteiger partial charge in [0.2, 0.25) is 0 Å². The predicted molar refractivity (Wildman–Crippen MR) is 120 cm³/mol. The third-order valence-electron chi connectivity index (χ3n) is 5.52. The van der Waals surface area contributed by atoms with Crippen LogP contribution in [0.25, 0.3) is 21.6 Å². The maximum atomic E-state index is 14.0. The summed E-state index contributed by atoms with van der Waals surface area (Å²) >= 11 is 1.38. The Morgan fingerprint density at radius 3 is 2.59 bits per heavy atom. The summed E-state index contributed by atoms with van der Waals surface area (Å²) in [5, 5.41) is 7.11. The van der Waals surface area contributed by atoms with E-state index in [4.69, 9.17) is 0 Å². The Morgan fingerprint density at radius 1 is 1.00 bits per heavy atom. The third-order valence-corrected chi connectivity index (χ3v) is 6.47. The minimum atomic E-state index is -0.502. The van der Waals surface area contributed by atoms with Gasteiger partial charge >= 0.3 is 0 Å². The predicted octanol–water partition coefficient (Wildman–Crippen LogP) is 4.79. The largest absolute Gasteiger partial charge is 0.357 e. The summed E-state index contributed by atoms with van der Waals surface area (Å²) in [4.78, 5) is 26.0. The Bertz CT molecular complexity index is 1280. The van der Waals surface area contributed by atoms with E-state index in [0.717, 1.165) is 29.5 Å². The van der Waals surface area contributed by atoms with Gasteiger partial charge in [-0.3, -0.25) is 4.79 Å². The summed E-state index contributed by atoms with van der Waals surface area (Å²) in [6, 6.07) is 10.0. The first-order valence-electron chi connectivity index (χ1n) is 10.3. The number of rotatable bonds is 5. The second-order valence-corrected chi connectivity index (χ2v) is 8.69. The molecule has 1 fully saturated rings. The average Bonchev–Trinajstić information content (AvgIpc) is 3.40. The lowest BCUT2D eigenvalue weighted by molar-refractivity contribution is 0.0936. The summed E-state index contributed by atoms with van der Waals surface area (Å²) in [6.45, 7) is 0. The highest BCUT2D eigenvalue weighted by Gasteiger charge is 2.30. The molecule has 9 heteroatoms. The average molecular weight is 452 g/mol. The molecule has 1 saturated carbocycles. The van der Waals surface area contributed by atoms with E-state index in [1.807, 2.05) is 0 Å². The summed E-state index contributed by atoms with van der Waals surface area (Å²) in [5.74, 6) is -0.817. The minimum absolute atomic E-state index is 0.0330. The number of hydrogen-bond donors (Lipinski definition) is 2. The van der Waals surface area contributed by atoms with E-state index in [2.05, 4.69) is 25.6 Å². The molecule has 0 spiro atoms. The van der Waals surface area contributed by atoms with Gasteiger partial charge in [-0.25, -0.2) is 23.7 Å². The van der Waals surface area contributed by atoms with Gasteiger partial charge in [-0.15, -0.1) is 0 Å². The molecule has 4 aromatic rings. The zero-order valence-corrected chi connectivity index (χ0v) is 17.7. The van der Waals surface area contributed by atoms with E-state index < -0.39 is 5.82 Å². The van der Waals surface area contributed by atoms with Crippen molar-refractivity contribution in [3.05, 3.63) is 72.1 Å². The minimum Gasteiger partial charge on any atom is -0.357 e. The van der Waals surface area contributed by atoms with E-state index >= 15 is 0 Å². The van der Waals surface area contributed by atoms with E-state index in [-0.39, 0.29) is 29.4 Å². The highest BCUT2D eigenvalue weighted by molar-refractivity contribution is 7.22. The Kier molecular flexibility index (Phi) is 5.48. The molecular weight excluding hydrogens is 432 g/mol. The molecular formula is C23H19F2N5OS. The Labute approximate surface area is 186 Å². The number of hydrogen-bond acceptors (Lipinski definition) is 6. The molecule has 0 saturated heterocycles. The number of carbonyl (C=O) groups is 1. The van der Waals surface area contributed by atoms with Gasteiger partial charge in [0.05, 0.1) is 15.8 Å². The van der Waals surface area contributed by atoms with Gasteiger partial charge < -0.3 is 10.6 Å². The Hall–Kier alpha value is -3.46. The lowest BCUT2D eigenvalue weighted by Crippen LogP contribution is -2.43. The van der Waals surface area contributed by atoms with E-state index in [1.54, 1.807) is 24.5 Å². The number of nitrogens with one attached hydrogen (secondary N) is 2. The number of thiazole rings is 1. The summed E-state index contributed by atoms with van der Waals surface area (Å²) in [7, 11) is 0. The topological polar surface area (TPSA) is 79.8 Å². The molecule has 2 aromatic carbocycles. The molecule has 32 heavy (non-hydrogen) atoms. The summed E-state index contributed by atoms with van der Waals surface area (Å²) in [6.07, 6.45) is 5.73. The van der Waals surface area contributed by atoms with E-state index in [1.165, 1.54) is 41.7 Å². The zero-order valence-electron chi connectivity index (χ0n) is 16.9. The van der Waals surface area contributed by atoms with Crippen molar-refractivity contribution in [3.8, 4) is 11.4 Å². The van der Waals surface area contributed by atoms with Crippen LogP contribution in [0.3, 0.4) is 0 Å². The number of carbonyl (C=O) groups excluding carboxylic acids is 1. The highest BCUT2D eigenvalue weighted by atomic mass is 32.1. The van der Waals surface area contributed by atoms with Crippen LogP contribution < -0.4 is 10.6 Å². The Morgan fingerprint density at radius 2 is 1.75 bits per heavy atom. The fraction of sp³-hybridized carbons (Fsp3) is 0.217. The molecule has 0 bridgehead atoms. The number of fused-ring (bicyclic) bond motifs is 1. The second kappa shape index (κ2) is 8.58. The fourth-order valence-corrected chi connectivity index (χ4v) is 4.96. The molecule has 2 atom stereocenters. The maximum Gasteiger partial charge on any atom is 0.252 e. The van der Waals surface area contributed by atoms with E-state index in [9.17, 15) is 13.6 Å². The molecule has 2 heterocycles. The number of amides is 1. The first kappa shape index (κ1) is 20.4. The molecule has 5 rings (SSSR count). The van der Waals surface area contributed by atoms with Gasteiger partial charge in [-0.05, 0) is 61.7 Å². The van der Waals surface area contributed by atoms with Gasteiger partial charge in [0.25, 0.3) is 5.91 Å². The lowest BCUT2D eigenvalue weighted by Gasteiger charge is -2.22. The van der Waals surface area contributed by atoms with Crippen molar-refractivity contribution in [1.82, 2.24) is 20.3 Å². The van der Waals surface area contributed by atoms with Crippen LogP contribution in [0.4, 0.5) is 13.9 Å². The van der Waals surface area contributed by atoms with Crippen molar-refractivity contribution in [2.45, 2.75) is 31.3 Å². The number of anilines is 1. The van der Waals surface area contributed by atoms with Crippen molar-refractivity contribution in [2.24, 2.45) is 0 Å². The third kappa shape index (κ3) is 4.16. The van der Waals surface area contributed by atoms with Crippen molar-refractivity contribution in [2.75, 3.05) is 5.32 Å². The van der Waals surface area contributed by atoms with Crippen LogP contribution in [0, 0.1) is 11.6 Å². The number of halogens is 2. The smallest absolute Gasteiger partial charge is 0.252 e. The summed E-state index contributed by atoms with van der Waals surface area (Å²) in [5.41, 5.74) is 1.39. The molecule has 1 aliphatic carbocycles. The number of aromatic nitrogens is 3. The standard InChI is InChI=1S/C23H19F2N5OS/c24-13-5-7-15(21-26-9-2-10-27-21)16(11-13)22(31)28-17-3-1-4-18(17)29-23-30-19-8-6-14(25)12-20(19)32-23/h2,5-12,17-18H,1,3-4H2,(H,28,31)(H,29,30)/t17-,18+/m1/s1. The van der Waals surface area contributed by atoms with E-state index in [0.29, 0.717) is 16.5 Å².